The lowest BCUT2D eigenvalue weighted by atomic mass is 10.2. The zero-order valence-electron chi connectivity index (χ0n) is 12.9. The van der Waals surface area contributed by atoms with Crippen LogP contribution in [-0.2, 0) is 0 Å². The molecule has 1 aromatic carbocycles. The number of nitrogens with one attached hydrogen (secondary N) is 2. The Bertz CT molecular complexity index is 502. The first-order valence-electron chi connectivity index (χ1n) is 7.50. The van der Waals surface area contributed by atoms with Gasteiger partial charge in [0.1, 0.15) is 0 Å². The highest BCUT2D eigenvalue weighted by atomic mass is 16.6. The number of nitrogens with zero attached hydrogens (tertiary/aromatic N) is 2. The second-order valence-electron chi connectivity index (χ2n) is 5.68. The maximum absolute atomic E-state index is 11.0. The first-order chi connectivity index (χ1) is 10.0. The summed E-state index contributed by atoms with van der Waals surface area (Å²) in [5.41, 5.74) is 1.67. The van der Waals surface area contributed by atoms with Gasteiger partial charge in [0.25, 0.3) is 5.69 Å². The number of hydrogen-bond donors (Lipinski definition) is 2. The van der Waals surface area contributed by atoms with Crippen LogP contribution < -0.4 is 10.6 Å². The Morgan fingerprint density at radius 1 is 1.33 bits per heavy atom. The van der Waals surface area contributed by atoms with E-state index in [0.29, 0.717) is 12.1 Å². The zero-order valence-corrected chi connectivity index (χ0v) is 12.9. The summed E-state index contributed by atoms with van der Waals surface area (Å²) >= 11 is 0. The molecule has 2 rings (SSSR count). The fraction of sp³-hybridized carbons (Fsp3) is 0.600. The first kappa shape index (κ1) is 15.6. The molecular formula is C15H24N4O2. The van der Waals surface area contributed by atoms with Crippen molar-refractivity contribution >= 4 is 17.1 Å². The van der Waals surface area contributed by atoms with Gasteiger partial charge in [0, 0.05) is 48.7 Å². The molecule has 1 aliphatic rings. The van der Waals surface area contributed by atoms with E-state index in [1.54, 1.807) is 12.1 Å². The van der Waals surface area contributed by atoms with Gasteiger partial charge in [-0.1, -0.05) is 0 Å². The van der Waals surface area contributed by atoms with E-state index in [1.807, 2.05) is 13.0 Å². The Morgan fingerprint density at radius 2 is 1.95 bits per heavy atom. The molecule has 1 atom stereocenters. The summed E-state index contributed by atoms with van der Waals surface area (Å²) in [6.45, 7) is 5.66. The molecule has 0 amide bonds. The van der Waals surface area contributed by atoms with Gasteiger partial charge in [-0.3, -0.25) is 15.0 Å². The standard InChI is InChI=1S/C15H24N4O2/c1-4-16-12-7-13(9-15(8-12)19(20)21)17-10-11(2)18(3)14-5-6-14/h7-9,11,14,16-17H,4-6,10H2,1-3H3. The topological polar surface area (TPSA) is 70.4 Å². The van der Waals surface area contributed by atoms with E-state index >= 15 is 0 Å². The van der Waals surface area contributed by atoms with E-state index < -0.39 is 0 Å². The van der Waals surface area contributed by atoms with Crippen molar-refractivity contribution in [1.82, 2.24) is 4.90 Å². The summed E-state index contributed by atoms with van der Waals surface area (Å²) in [5.74, 6) is 0. The number of nitro benzene ring substituents is 1. The third kappa shape index (κ3) is 4.32. The number of hydrogen-bond acceptors (Lipinski definition) is 5. The molecule has 0 aromatic heterocycles. The quantitative estimate of drug-likeness (QED) is 0.569. The lowest BCUT2D eigenvalue weighted by Gasteiger charge is -2.25. The SMILES string of the molecule is CCNc1cc(NCC(C)N(C)C2CC2)cc([N+](=O)[O-])c1. The molecular weight excluding hydrogens is 268 g/mol. The van der Waals surface area contributed by atoms with Gasteiger partial charge in [0.2, 0.25) is 0 Å². The average Bonchev–Trinajstić information content (AvgIpc) is 3.28. The summed E-state index contributed by atoms with van der Waals surface area (Å²) in [7, 11) is 2.14. The predicted octanol–water partition coefficient (Wildman–Crippen LogP) is 2.92. The van der Waals surface area contributed by atoms with E-state index in [2.05, 4.69) is 29.5 Å². The van der Waals surface area contributed by atoms with E-state index in [9.17, 15) is 10.1 Å². The second kappa shape index (κ2) is 6.76. The van der Waals surface area contributed by atoms with Crippen molar-refractivity contribution in [2.75, 3.05) is 30.8 Å². The highest BCUT2D eigenvalue weighted by molar-refractivity contribution is 5.63. The minimum Gasteiger partial charge on any atom is -0.385 e. The van der Waals surface area contributed by atoms with Gasteiger partial charge >= 0.3 is 0 Å². The maximum atomic E-state index is 11.0. The average molecular weight is 292 g/mol. The maximum Gasteiger partial charge on any atom is 0.273 e. The highest BCUT2D eigenvalue weighted by Gasteiger charge is 2.28. The fourth-order valence-corrected chi connectivity index (χ4v) is 2.38. The van der Waals surface area contributed by atoms with Gasteiger partial charge in [-0.05, 0) is 39.8 Å². The summed E-state index contributed by atoms with van der Waals surface area (Å²) in [5, 5.41) is 17.4. The molecule has 0 saturated heterocycles. The van der Waals surface area contributed by atoms with Crippen LogP contribution in [0.25, 0.3) is 0 Å². The minimum absolute atomic E-state index is 0.110. The Labute approximate surface area is 125 Å². The summed E-state index contributed by atoms with van der Waals surface area (Å²) in [6.07, 6.45) is 2.56. The molecule has 0 bridgehead atoms. The van der Waals surface area contributed by atoms with Gasteiger partial charge < -0.3 is 10.6 Å². The number of rotatable bonds is 8. The van der Waals surface area contributed by atoms with Crippen LogP contribution in [0.2, 0.25) is 0 Å². The molecule has 0 heterocycles. The predicted molar refractivity (Wildman–Crippen MR) is 86.0 cm³/mol. The van der Waals surface area contributed by atoms with Crippen molar-refractivity contribution in [3.8, 4) is 0 Å². The van der Waals surface area contributed by atoms with Crippen molar-refractivity contribution in [2.45, 2.75) is 38.8 Å². The van der Waals surface area contributed by atoms with Crippen LogP contribution in [0.1, 0.15) is 26.7 Å². The van der Waals surface area contributed by atoms with Crippen LogP contribution in [0.4, 0.5) is 17.1 Å². The molecule has 0 spiro atoms. The molecule has 116 valence electrons. The zero-order chi connectivity index (χ0) is 15.4. The molecule has 0 radical (unpaired) electrons. The van der Waals surface area contributed by atoms with Crippen LogP contribution in [0.5, 0.6) is 0 Å². The highest BCUT2D eigenvalue weighted by Crippen LogP contribution is 2.28. The van der Waals surface area contributed by atoms with Crippen LogP contribution in [0.3, 0.4) is 0 Å². The third-order valence-corrected chi connectivity index (χ3v) is 3.93. The molecule has 2 N–H and O–H groups in total. The van der Waals surface area contributed by atoms with Crippen LogP contribution in [0, 0.1) is 10.1 Å². The molecule has 1 saturated carbocycles. The van der Waals surface area contributed by atoms with Crippen molar-refractivity contribution in [1.29, 1.82) is 0 Å². The van der Waals surface area contributed by atoms with Crippen molar-refractivity contribution in [3.63, 3.8) is 0 Å². The number of anilines is 2. The molecule has 6 nitrogen and oxygen atoms in total. The Hall–Kier alpha value is -1.82. The van der Waals surface area contributed by atoms with E-state index in [4.69, 9.17) is 0 Å². The monoisotopic (exact) mass is 292 g/mol. The summed E-state index contributed by atoms with van der Waals surface area (Å²) in [6, 6.07) is 6.18. The Kier molecular flexibility index (Phi) is 5.01. The second-order valence-corrected chi connectivity index (χ2v) is 5.68. The number of nitro groups is 1. The van der Waals surface area contributed by atoms with E-state index in [0.717, 1.165) is 24.5 Å². The number of benzene rings is 1. The van der Waals surface area contributed by atoms with Crippen molar-refractivity contribution in [2.24, 2.45) is 0 Å². The van der Waals surface area contributed by atoms with Gasteiger partial charge in [0.05, 0.1) is 4.92 Å². The molecule has 0 aliphatic heterocycles. The summed E-state index contributed by atoms with van der Waals surface area (Å²) < 4.78 is 0. The van der Waals surface area contributed by atoms with Gasteiger partial charge in [-0.15, -0.1) is 0 Å². The smallest absolute Gasteiger partial charge is 0.273 e. The van der Waals surface area contributed by atoms with Gasteiger partial charge in [-0.2, -0.15) is 0 Å². The number of likely N-dealkylation sites (N-methyl/N-ethyl adjacent to an activating group) is 1. The molecule has 6 heteroatoms. The number of non-ortho nitro benzene ring substituents is 1. The normalized spacial score (nSPS) is 15.8. The molecule has 1 fully saturated rings. The fourth-order valence-electron chi connectivity index (χ4n) is 2.38. The van der Waals surface area contributed by atoms with Gasteiger partial charge in [-0.25, -0.2) is 0 Å². The minimum atomic E-state index is -0.355. The van der Waals surface area contributed by atoms with E-state index in [-0.39, 0.29) is 10.6 Å². The summed E-state index contributed by atoms with van der Waals surface area (Å²) in [4.78, 5) is 13.0. The first-order valence-corrected chi connectivity index (χ1v) is 7.50. The lowest BCUT2D eigenvalue weighted by molar-refractivity contribution is -0.384. The van der Waals surface area contributed by atoms with Crippen LogP contribution in [0.15, 0.2) is 18.2 Å². The van der Waals surface area contributed by atoms with Crippen molar-refractivity contribution in [3.05, 3.63) is 28.3 Å². The van der Waals surface area contributed by atoms with Crippen LogP contribution in [-0.4, -0.2) is 42.0 Å². The largest absolute Gasteiger partial charge is 0.385 e. The third-order valence-electron chi connectivity index (χ3n) is 3.93. The van der Waals surface area contributed by atoms with Crippen molar-refractivity contribution < 1.29 is 4.92 Å². The van der Waals surface area contributed by atoms with Gasteiger partial charge in [0.15, 0.2) is 0 Å². The van der Waals surface area contributed by atoms with Crippen LogP contribution >= 0.6 is 0 Å². The molecule has 1 aliphatic carbocycles. The lowest BCUT2D eigenvalue weighted by Crippen LogP contribution is -2.36. The molecule has 1 aromatic rings. The molecule has 1 unspecified atom stereocenters. The van der Waals surface area contributed by atoms with E-state index in [1.165, 1.54) is 12.8 Å². The Morgan fingerprint density at radius 3 is 2.48 bits per heavy atom. The molecule has 21 heavy (non-hydrogen) atoms. The Balaban J connectivity index is 2.02.